The van der Waals surface area contributed by atoms with Crippen LogP contribution in [0.3, 0.4) is 0 Å². The lowest BCUT2D eigenvalue weighted by Gasteiger charge is -2.34. The second kappa shape index (κ2) is 8.39. The normalized spacial score (nSPS) is 16.9. The zero-order chi connectivity index (χ0) is 19.5. The number of ether oxygens (including phenoxy) is 2. The minimum absolute atomic E-state index is 0.0101. The van der Waals surface area contributed by atoms with Crippen molar-refractivity contribution in [1.29, 1.82) is 0 Å². The van der Waals surface area contributed by atoms with Gasteiger partial charge in [0, 0.05) is 43.4 Å². The number of benzene rings is 2. The molecule has 0 spiro atoms. The lowest BCUT2D eigenvalue weighted by molar-refractivity contribution is -0.117. The van der Waals surface area contributed by atoms with Crippen molar-refractivity contribution in [2.24, 2.45) is 0 Å². The second-order valence-electron chi connectivity index (χ2n) is 7.25. The molecule has 1 fully saturated rings. The van der Waals surface area contributed by atoms with Gasteiger partial charge in [-0.3, -0.25) is 14.6 Å². The summed E-state index contributed by atoms with van der Waals surface area (Å²) in [5.74, 6) is 1.63. The first-order valence-corrected chi connectivity index (χ1v) is 9.84. The van der Waals surface area contributed by atoms with Crippen LogP contribution in [0.1, 0.15) is 11.1 Å². The number of nitrogens with one attached hydrogen (secondary N) is 1. The Morgan fingerprint density at radius 1 is 1.04 bits per heavy atom. The zero-order valence-corrected chi connectivity index (χ0v) is 16.7. The van der Waals surface area contributed by atoms with Gasteiger partial charge in [-0.25, -0.2) is 0 Å². The lowest BCUT2D eigenvalue weighted by Crippen LogP contribution is -2.48. The smallest absolute Gasteiger partial charge is 0.238 e. The van der Waals surface area contributed by atoms with Crippen molar-refractivity contribution < 1.29 is 14.3 Å². The Hall–Kier alpha value is -2.28. The summed E-state index contributed by atoms with van der Waals surface area (Å²) in [6.07, 6.45) is 0. The first kappa shape index (κ1) is 19.1. The standard InChI is InChI=1S/C21H24ClN3O3/c1-15-2-4-17(11-18(15)22)23-21(26)13-25-8-6-24(7-9-25)12-16-3-5-19-20(10-16)28-14-27-19/h2-5,10-11H,6-9,12-14H2,1H3,(H,23,26). The molecule has 148 valence electrons. The molecule has 0 saturated carbocycles. The molecule has 6 nitrogen and oxygen atoms in total. The molecule has 0 bridgehead atoms. The van der Waals surface area contributed by atoms with E-state index in [1.54, 1.807) is 6.07 Å². The number of hydrogen-bond acceptors (Lipinski definition) is 5. The van der Waals surface area contributed by atoms with Gasteiger partial charge in [-0.15, -0.1) is 0 Å². The summed E-state index contributed by atoms with van der Waals surface area (Å²) in [5.41, 5.74) is 2.95. The summed E-state index contributed by atoms with van der Waals surface area (Å²) < 4.78 is 10.8. The highest BCUT2D eigenvalue weighted by Gasteiger charge is 2.20. The fourth-order valence-electron chi connectivity index (χ4n) is 3.48. The van der Waals surface area contributed by atoms with Crippen molar-refractivity contribution in [2.45, 2.75) is 13.5 Å². The molecule has 1 amide bonds. The van der Waals surface area contributed by atoms with Crippen molar-refractivity contribution >= 4 is 23.2 Å². The number of halogens is 1. The van der Waals surface area contributed by atoms with E-state index < -0.39 is 0 Å². The summed E-state index contributed by atoms with van der Waals surface area (Å²) in [6.45, 7) is 7.10. The van der Waals surface area contributed by atoms with Gasteiger partial charge in [0.1, 0.15) is 0 Å². The van der Waals surface area contributed by atoms with E-state index >= 15 is 0 Å². The summed E-state index contributed by atoms with van der Waals surface area (Å²) in [6, 6.07) is 11.7. The van der Waals surface area contributed by atoms with Crippen LogP contribution in [0.25, 0.3) is 0 Å². The molecule has 1 saturated heterocycles. The quantitative estimate of drug-likeness (QED) is 0.834. The maximum absolute atomic E-state index is 12.3. The molecule has 0 radical (unpaired) electrons. The van der Waals surface area contributed by atoms with Crippen molar-refractivity contribution in [3.63, 3.8) is 0 Å². The Kier molecular flexibility index (Phi) is 5.71. The number of hydrogen-bond donors (Lipinski definition) is 1. The Balaban J connectivity index is 1.23. The van der Waals surface area contributed by atoms with E-state index in [-0.39, 0.29) is 5.91 Å². The van der Waals surface area contributed by atoms with E-state index in [4.69, 9.17) is 21.1 Å². The van der Waals surface area contributed by atoms with Crippen LogP contribution in [-0.2, 0) is 11.3 Å². The molecule has 2 aliphatic rings. The summed E-state index contributed by atoms with van der Waals surface area (Å²) in [4.78, 5) is 16.9. The molecule has 4 rings (SSSR count). The Bertz CT molecular complexity index is 866. The van der Waals surface area contributed by atoms with Gasteiger partial charge in [0.2, 0.25) is 12.7 Å². The van der Waals surface area contributed by atoms with Gasteiger partial charge in [-0.05, 0) is 42.3 Å². The van der Waals surface area contributed by atoms with Crippen LogP contribution < -0.4 is 14.8 Å². The molecular weight excluding hydrogens is 378 g/mol. The number of amides is 1. The number of carbonyl (C=O) groups excluding carboxylic acids is 1. The number of piperazine rings is 1. The molecule has 7 heteroatoms. The molecule has 2 aromatic carbocycles. The molecule has 28 heavy (non-hydrogen) atoms. The van der Waals surface area contributed by atoms with E-state index in [0.717, 1.165) is 55.5 Å². The number of aryl methyl sites for hydroxylation is 1. The highest BCUT2D eigenvalue weighted by Crippen LogP contribution is 2.32. The van der Waals surface area contributed by atoms with E-state index in [0.29, 0.717) is 18.4 Å². The topological polar surface area (TPSA) is 54.0 Å². The van der Waals surface area contributed by atoms with Crippen molar-refractivity contribution in [1.82, 2.24) is 9.80 Å². The first-order chi connectivity index (χ1) is 13.6. The van der Waals surface area contributed by atoms with E-state index in [9.17, 15) is 4.79 Å². The fraction of sp³-hybridized carbons (Fsp3) is 0.381. The molecular formula is C21H24ClN3O3. The van der Waals surface area contributed by atoms with E-state index in [2.05, 4.69) is 27.2 Å². The van der Waals surface area contributed by atoms with E-state index in [1.165, 1.54) is 5.56 Å². The van der Waals surface area contributed by atoms with Gasteiger partial charge in [0.25, 0.3) is 0 Å². The van der Waals surface area contributed by atoms with Gasteiger partial charge >= 0.3 is 0 Å². The third kappa shape index (κ3) is 4.58. The molecule has 0 aromatic heterocycles. The molecule has 2 aromatic rings. The monoisotopic (exact) mass is 401 g/mol. The fourth-order valence-corrected chi connectivity index (χ4v) is 3.66. The first-order valence-electron chi connectivity index (χ1n) is 9.46. The molecule has 2 heterocycles. The second-order valence-corrected chi connectivity index (χ2v) is 7.66. The third-order valence-corrected chi connectivity index (χ3v) is 5.54. The maximum atomic E-state index is 12.3. The third-order valence-electron chi connectivity index (χ3n) is 5.13. The number of anilines is 1. The van der Waals surface area contributed by atoms with Crippen molar-refractivity contribution in [2.75, 3.05) is 44.8 Å². The SMILES string of the molecule is Cc1ccc(NC(=O)CN2CCN(Cc3ccc4c(c3)OCO4)CC2)cc1Cl. The van der Waals surface area contributed by atoms with Crippen LogP contribution >= 0.6 is 11.6 Å². The Morgan fingerprint density at radius 3 is 2.57 bits per heavy atom. The van der Waals surface area contributed by atoms with Crippen molar-refractivity contribution in [3.8, 4) is 11.5 Å². The largest absolute Gasteiger partial charge is 0.454 e. The highest BCUT2D eigenvalue weighted by molar-refractivity contribution is 6.31. The van der Waals surface area contributed by atoms with Crippen LogP contribution in [0.15, 0.2) is 36.4 Å². The van der Waals surface area contributed by atoms with Crippen LogP contribution in [0.2, 0.25) is 5.02 Å². The minimum atomic E-state index is -0.0101. The van der Waals surface area contributed by atoms with Crippen molar-refractivity contribution in [3.05, 3.63) is 52.5 Å². The van der Waals surface area contributed by atoms with Gasteiger partial charge in [-0.1, -0.05) is 23.7 Å². The summed E-state index contributed by atoms with van der Waals surface area (Å²) >= 11 is 6.12. The number of carbonyl (C=O) groups is 1. The lowest BCUT2D eigenvalue weighted by atomic mass is 10.1. The predicted octanol–water partition coefficient (Wildman–Crippen LogP) is 3.13. The highest BCUT2D eigenvalue weighted by atomic mass is 35.5. The zero-order valence-electron chi connectivity index (χ0n) is 15.9. The summed E-state index contributed by atoms with van der Waals surface area (Å²) in [7, 11) is 0. The molecule has 1 N–H and O–H groups in total. The average molecular weight is 402 g/mol. The number of fused-ring (bicyclic) bond motifs is 1. The minimum Gasteiger partial charge on any atom is -0.454 e. The van der Waals surface area contributed by atoms with Gasteiger partial charge < -0.3 is 14.8 Å². The van der Waals surface area contributed by atoms with Gasteiger partial charge in [0.15, 0.2) is 11.5 Å². The number of rotatable bonds is 5. The maximum Gasteiger partial charge on any atom is 0.238 e. The molecule has 0 unspecified atom stereocenters. The molecule has 0 aliphatic carbocycles. The number of nitrogens with zero attached hydrogens (tertiary/aromatic N) is 2. The predicted molar refractivity (Wildman–Crippen MR) is 109 cm³/mol. The van der Waals surface area contributed by atoms with Crippen LogP contribution in [0.4, 0.5) is 5.69 Å². The van der Waals surface area contributed by atoms with E-state index in [1.807, 2.05) is 25.1 Å². The molecule has 2 aliphatic heterocycles. The van der Waals surface area contributed by atoms with Gasteiger partial charge in [0.05, 0.1) is 6.54 Å². The van der Waals surface area contributed by atoms with Crippen LogP contribution in [0.5, 0.6) is 11.5 Å². The Labute approximate surface area is 170 Å². The average Bonchev–Trinajstić information content (AvgIpc) is 3.14. The Morgan fingerprint density at radius 2 is 1.79 bits per heavy atom. The molecule has 0 atom stereocenters. The van der Waals surface area contributed by atoms with Gasteiger partial charge in [-0.2, -0.15) is 0 Å². The van der Waals surface area contributed by atoms with Crippen LogP contribution in [0, 0.1) is 6.92 Å². The summed E-state index contributed by atoms with van der Waals surface area (Å²) in [5, 5.41) is 3.59. The van der Waals surface area contributed by atoms with Crippen LogP contribution in [-0.4, -0.2) is 55.2 Å².